The number of aliphatic hydroxyl groups is 1. The first-order valence-corrected chi connectivity index (χ1v) is 22.4. The molecule has 9 atom stereocenters. The molecule has 1 aromatic rings. The Labute approximate surface area is 344 Å². The summed E-state index contributed by atoms with van der Waals surface area (Å²) >= 11 is 6.26. The number of esters is 1. The molecule has 0 heterocycles. The van der Waals surface area contributed by atoms with Gasteiger partial charge in [0.05, 0.1) is 17.9 Å². The van der Waals surface area contributed by atoms with Crippen molar-refractivity contribution in [2.24, 2.45) is 56.2 Å². The molecule has 56 heavy (non-hydrogen) atoms. The van der Waals surface area contributed by atoms with Crippen LogP contribution in [0.5, 0.6) is 0 Å². The Kier molecular flexibility index (Phi) is 12.2. The Morgan fingerprint density at radius 3 is 2.20 bits per heavy atom. The van der Waals surface area contributed by atoms with Crippen LogP contribution in [0.15, 0.2) is 35.4 Å². The van der Waals surface area contributed by atoms with E-state index < -0.39 is 23.5 Å². The number of nitrogens with zero attached hydrogens (tertiary/aromatic N) is 2. The van der Waals surface area contributed by atoms with Gasteiger partial charge in [-0.3, -0.25) is 14.5 Å². The molecule has 6 rings (SSSR count). The summed E-state index contributed by atoms with van der Waals surface area (Å²) in [5.41, 5.74) is 3.41. The van der Waals surface area contributed by atoms with Crippen LogP contribution in [0.1, 0.15) is 139 Å². The van der Waals surface area contributed by atoms with Crippen LogP contribution in [0.2, 0.25) is 5.02 Å². The number of hydrogen-bond acceptors (Lipinski definition) is 6. The molecule has 4 saturated carbocycles. The van der Waals surface area contributed by atoms with E-state index in [4.69, 9.17) is 16.3 Å². The van der Waals surface area contributed by atoms with Crippen molar-refractivity contribution >= 4 is 23.5 Å². The molecular weight excluding hydrogens is 720 g/mol. The van der Waals surface area contributed by atoms with Crippen molar-refractivity contribution in [3.8, 4) is 0 Å². The predicted octanol–water partition coefficient (Wildman–Crippen LogP) is 10.3. The molecule has 0 unspecified atom stereocenters. The Bertz CT molecular complexity index is 1650. The highest BCUT2D eigenvalue weighted by Crippen LogP contribution is 2.77. The Balaban J connectivity index is 1.26. The number of rotatable bonds is 13. The molecule has 2 N–H and O–H groups in total. The standard InChI is InChI=1S/C48H75ClN2O5/c1-31(2)34-18-23-48(38(52)30-51(27-26-50(10)11)29-32-12-14-33(49)15-13-32)25-24-46(8)35(41(34)48)16-17-37-45(7)21-20-39(56-40(53)28-43(3,4)42(54)55)44(5,6)36(45)19-22-47(37,46)9/h12-15,31,35-39,52H,16-30H2,1-11H3,(H,54,55)/t35-,36+,37-,38-,39+,45+,46-,47-,48-/m1/s1. The van der Waals surface area contributed by atoms with Gasteiger partial charge < -0.3 is 19.8 Å². The second kappa shape index (κ2) is 15.6. The van der Waals surface area contributed by atoms with Crippen molar-refractivity contribution in [2.45, 2.75) is 152 Å². The van der Waals surface area contributed by atoms with Gasteiger partial charge in [-0.15, -0.1) is 0 Å². The number of carbonyl (C=O) groups excluding carboxylic acids is 1. The lowest BCUT2D eigenvalue weighted by atomic mass is 9.33. The molecular formula is C48H75ClN2O5. The van der Waals surface area contributed by atoms with Crippen molar-refractivity contribution in [1.82, 2.24) is 9.80 Å². The Hall–Kier alpha value is -1.93. The van der Waals surface area contributed by atoms with E-state index in [2.05, 4.69) is 84.5 Å². The highest BCUT2D eigenvalue weighted by Gasteiger charge is 2.70. The molecule has 314 valence electrons. The third-order valence-electron chi connectivity index (χ3n) is 17.4. The molecule has 0 bridgehead atoms. The minimum atomic E-state index is -1.15. The van der Waals surface area contributed by atoms with Gasteiger partial charge in [0.2, 0.25) is 0 Å². The van der Waals surface area contributed by atoms with E-state index >= 15 is 0 Å². The van der Waals surface area contributed by atoms with Crippen LogP contribution in [-0.4, -0.2) is 77.9 Å². The largest absolute Gasteiger partial charge is 0.481 e. The summed E-state index contributed by atoms with van der Waals surface area (Å²) in [6.07, 6.45) is 10.1. The average molecular weight is 796 g/mol. The molecule has 0 spiro atoms. The Morgan fingerprint density at radius 1 is 0.893 bits per heavy atom. The lowest BCUT2D eigenvalue weighted by Crippen LogP contribution is -2.66. The van der Waals surface area contributed by atoms with Gasteiger partial charge in [-0.25, -0.2) is 0 Å². The predicted molar refractivity (Wildman–Crippen MR) is 226 cm³/mol. The van der Waals surface area contributed by atoms with Crippen molar-refractivity contribution in [2.75, 3.05) is 33.7 Å². The van der Waals surface area contributed by atoms with E-state index in [0.717, 1.165) is 69.6 Å². The molecule has 0 aliphatic heterocycles. The third kappa shape index (κ3) is 7.44. The summed E-state index contributed by atoms with van der Waals surface area (Å²) in [4.78, 5) is 29.7. The summed E-state index contributed by atoms with van der Waals surface area (Å²) in [7, 11) is 4.25. The lowest BCUT2D eigenvalue weighted by molar-refractivity contribution is -0.235. The maximum absolute atomic E-state index is 13.2. The quantitative estimate of drug-likeness (QED) is 0.152. The first-order chi connectivity index (χ1) is 26.0. The van der Waals surface area contributed by atoms with Crippen LogP contribution in [0.4, 0.5) is 0 Å². The molecule has 5 aliphatic rings. The molecule has 1 aromatic carbocycles. The van der Waals surface area contributed by atoms with E-state index in [-0.39, 0.29) is 39.6 Å². The number of carboxylic acid groups (broad SMARTS) is 1. The summed E-state index contributed by atoms with van der Waals surface area (Å²) in [5.74, 6) is 0.569. The van der Waals surface area contributed by atoms with Crippen molar-refractivity contribution < 1.29 is 24.5 Å². The summed E-state index contributed by atoms with van der Waals surface area (Å²) in [5, 5.41) is 23.1. The molecule has 7 nitrogen and oxygen atoms in total. The van der Waals surface area contributed by atoms with Gasteiger partial charge in [0.1, 0.15) is 6.10 Å². The minimum absolute atomic E-state index is 0.113. The van der Waals surface area contributed by atoms with E-state index in [1.54, 1.807) is 25.0 Å². The normalized spacial score (nSPS) is 35.9. The third-order valence-corrected chi connectivity index (χ3v) is 17.6. The summed E-state index contributed by atoms with van der Waals surface area (Å²) < 4.78 is 6.22. The number of aliphatic hydroxyl groups excluding tert-OH is 1. The zero-order chi connectivity index (χ0) is 41.2. The van der Waals surface area contributed by atoms with E-state index in [9.17, 15) is 19.8 Å². The van der Waals surface area contributed by atoms with Gasteiger partial charge in [-0.05, 0) is 150 Å². The second-order valence-electron chi connectivity index (χ2n) is 21.7. The highest BCUT2D eigenvalue weighted by molar-refractivity contribution is 6.30. The number of benzene rings is 1. The maximum atomic E-state index is 13.2. The monoisotopic (exact) mass is 795 g/mol. The highest BCUT2D eigenvalue weighted by atomic mass is 35.5. The van der Waals surface area contributed by atoms with E-state index in [0.29, 0.717) is 30.2 Å². The van der Waals surface area contributed by atoms with Crippen LogP contribution < -0.4 is 0 Å². The molecule has 0 amide bonds. The molecule has 0 saturated heterocycles. The fraction of sp³-hybridized carbons (Fsp3) is 0.792. The van der Waals surface area contributed by atoms with E-state index in [1.165, 1.54) is 24.8 Å². The molecule has 5 aliphatic carbocycles. The van der Waals surface area contributed by atoms with Crippen molar-refractivity contribution in [1.29, 1.82) is 0 Å². The van der Waals surface area contributed by atoms with Crippen LogP contribution in [-0.2, 0) is 20.9 Å². The number of ether oxygens (including phenoxy) is 1. The zero-order valence-corrected chi connectivity index (χ0v) is 37.5. The molecule has 0 radical (unpaired) electrons. The summed E-state index contributed by atoms with van der Waals surface area (Å²) in [6, 6.07) is 8.19. The van der Waals surface area contributed by atoms with E-state index in [1.807, 2.05) is 12.1 Å². The van der Waals surface area contributed by atoms with Gasteiger partial charge in [0.15, 0.2) is 0 Å². The second-order valence-corrected chi connectivity index (χ2v) is 22.2. The van der Waals surface area contributed by atoms with Crippen LogP contribution in [0, 0.1) is 56.2 Å². The zero-order valence-electron chi connectivity index (χ0n) is 36.8. The van der Waals surface area contributed by atoms with Gasteiger partial charge in [-0.2, -0.15) is 0 Å². The number of hydrogen-bond donors (Lipinski definition) is 2. The SMILES string of the molecule is CC(C)C1=C2[C@H]3CC[C@@H]4[C@@]5(C)CC[C@H](OC(=O)CC(C)(C)C(=O)O)C(C)(C)[C@@H]5CC[C@@]4(C)[C@]3(C)CC[C@@]2([C@H](O)CN(CCN(C)C)Cc2ccc(Cl)cc2)CC1. The van der Waals surface area contributed by atoms with Gasteiger partial charge in [0.25, 0.3) is 0 Å². The fourth-order valence-electron chi connectivity index (χ4n) is 13.9. The first kappa shape index (κ1) is 43.6. The van der Waals surface area contributed by atoms with Crippen LogP contribution >= 0.6 is 11.6 Å². The fourth-order valence-corrected chi connectivity index (χ4v) is 14.0. The smallest absolute Gasteiger partial charge is 0.309 e. The number of halogens is 1. The number of carboxylic acids is 1. The summed E-state index contributed by atoms with van der Waals surface area (Å²) in [6.45, 7) is 23.8. The van der Waals surface area contributed by atoms with Crippen LogP contribution in [0.25, 0.3) is 0 Å². The number of allylic oxidation sites excluding steroid dienone is 1. The van der Waals surface area contributed by atoms with Crippen molar-refractivity contribution in [3.05, 3.63) is 46.0 Å². The molecule has 4 fully saturated rings. The minimum Gasteiger partial charge on any atom is -0.481 e. The maximum Gasteiger partial charge on any atom is 0.309 e. The number of aliphatic carboxylic acids is 1. The van der Waals surface area contributed by atoms with Gasteiger partial charge >= 0.3 is 11.9 Å². The lowest BCUT2D eigenvalue weighted by Gasteiger charge is -2.72. The molecule has 8 heteroatoms. The number of likely N-dealkylation sites (N-methyl/N-ethyl adjacent to an activating group) is 1. The topological polar surface area (TPSA) is 90.3 Å². The van der Waals surface area contributed by atoms with Gasteiger partial charge in [-0.1, -0.05) is 83.3 Å². The van der Waals surface area contributed by atoms with Crippen molar-refractivity contribution in [3.63, 3.8) is 0 Å². The first-order valence-electron chi connectivity index (χ1n) is 22.0. The number of fused-ring (bicyclic) bond motifs is 7. The molecule has 0 aromatic heterocycles. The van der Waals surface area contributed by atoms with Crippen LogP contribution in [0.3, 0.4) is 0 Å². The number of carbonyl (C=O) groups is 2. The average Bonchev–Trinajstić information content (AvgIpc) is 3.51. The Morgan fingerprint density at radius 2 is 1.57 bits per heavy atom. The van der Waals surface area contributed by atoms with Gasteiger partial charge in [0, 0.05) is 42.0 Å².